The Morgan fingerprint density at radius 2 is 0.312 bits per heavy atom. The Bertz CT molecular complexity index is 2490. The van der Waals surface area contributed by atoms with E-state index in [1.54, 1.807) is 0 Å². The normalized spacial score (nSPS) is 11.7. The zero-order chi connectivity index (χ0) is 70.9. The fraction of sp³-hybridized carbons (Fsp3) is 0.571. The molecule has 0 amide bonds. The van der Waals surface area contributed by atoms with Crippen molar-refractivity contribution < 1.29 is 85.7 Å². The van der Waals surface area contributed by atoms with Crippen LogP contribution in [-0.4, -0.2) is 15.9 Å². The second-order valence-corrected chi connectivity index (χ2v) is 35.7. The molecule has 0 aromatic heterocycles. The first-order valence-corrected chi connectivity index (χ1v) is 42.2. The molecule has 6 aromatic rings. The summed E-state index contributed by atoms with van der Waals surface area (Å²) >= 11 is 13.0. The Balaban J connectivity index is 0.000000804. The third kappa shape index (κ3) is 27.2. The molecule has 0 aliphatic rings. The summed E-state index contributed by atoms with van der Waals surface area (Å²) in [4.78, 5) is 0. The maximum absolute atomic E-state index is 7.04. The number of hydrogen-bond acceptors (Lipinski definition) is 8. The summed E-state index contributed by atoms with van der Waals surface area (Å²) in [6, 6.07) is 38.3. The summed E-state index contributed by atoms with van der Waals surface area (Å²) < 4.78 is 42.3. The second kappa shape index (κ2) is 44.6. The van der Waals surface area contributed by atoms with Gasteiger partial charge in [0.1, 0.15) is 34.5 Å². The van der Waals surface area contributed by atoms with Crippen molar-refractivity contribution in [1.29, 1.82) is 0 Å². The molecular formula is C84H130Na2O6S2Si2. The van der Waals surface area contributed by atoms with E-state index >= 15 is 0 Å². The van der Waals surface area contributed by atoms with Crippen molar-refractivity contribution in [1.82, 2.24) is 0 Å². The molecule has 0 radical (unpaired) electrons. The smallest absolute Gasteiger partial charge is 0.665 e. The second-order valence-electron chi connectivity index (χ2n) is 29.5. The minimum absolute atomic E-state index is 0. The van der Waals surface area contributed by atoms with Crippen LogP contribution < -0.4 is 85.7 Å². The van der Waals surface area contributed by atoms with Gasteiger partial charge in [-0.3, -0.25) is 0 Å². The largest absolute Gasteiger partial charge is 1.00 e. The van der Waals surface area contributed by atoms with Crippen molar-refractivity contribution in [2.45, 2.75) is 316 Å². The van der Waals surface area contributed by atoms with Crippen molar-refractivity contribution in [3.8, 4) is 34.5 Å². The molecule has 6 aromatic carbocycles. The van der Waals surface area contributed by atoms with E-state index in [9.17, 15) is 0 Å². The molecule has 0 spiro atoms. The number of para-hydroxylation sites is 6. The van der Waals surface area contributed by atoms with Crippen molar-refractivity contribution in [2.75, 3.05) is 0 Å². The molecule has 0 bridgehead atoms. The molecule has 12 heteroatoms. The predicted molar refractivity (Wildman–Crippen MR) is 417 cm³/mol. The maximum atomic E-state index is 7.04. The van der Waals surface area contributed by atoms with Gasteiger partial charge in [-0.05, 0) is 138 Å². The van der Waals surface area contributed by atoms with E-state index in [1.807, 2.05) is 0 Å². The van der Waals surface area contributed by atoms with Crippen LogP contribution in [0.2, 0.25) is 0 Å². The quantitative estimate of drug-likeness (QED) is 0.0251. The fourth-order valence-electron chi connectivity index (χ4n) is 11.5. The molecule has 0 aliphatic heterocycles. The average Bonchev–Trinajstić information content (AvgIpc) is 0.782. The fourth-order valence-corrected chi connectivity index (χ4v) is 16.1. The van der Waals surface area contributed by atoms with E-state index in [4.69, 9.17) is 50.7 Å². The number of unbranched alkanes of at least 4 members (excludes halogenated alkanes) is 6. The Hall–Kier alpha value is -2.75. The molecule has 0 unspecified atom stereocenters. The van der Waals surface area contributed by atoms with Crippen LogP contribution in [-0.2, 0) is 24.2 Å². The first-order valence-electron chi connectivity index (χ1n) is 36.5. The number of benzene rings is 6. The van der Waals surface area contributed by atoms with Crippen molar-refractivity contribution >= 4 is 40.1 Å². The maximum Gasteiger partial charge on any atom is 1.00 e. The van der Waals surface area contributed by atoms with Gasteiger partial charge in [-0.1, -0.05) is 354 Å². The van der Waals surface area contributed by atoms with Crippen LogP contribution in [0.5, 0.6) is 34.5 Å². The van der Waals surface area contributed by atoms with Crippen molar-refractivity contribution in [3.05, 3.63) is 176 Å². The van der Waals surface area contributed by atoms with Crippen LogP contribution in [0.3, 0.4) is 0 Å². The topological polar surface area (TPSA) is 55.4 Å². The third-order valence-electron chi connectivity index (χ3n) is 17.2. The molecule has 524 valence electrons. The Morgan fingerprint density at radius 3 is 0.385 bits per heavy atom. The number of rotatable bonds is 30. The first kappa shape index (κ1) is 91.3. The van der Waals surface area contributed by atoms with Gasteiger partial charge in [-0.25, -0.2) is 0 Å². The van der Waals surface area contributed by atoms with E-state index < -0.39 is 15.9 Å². The van der Waals surface area contributed by atoms with E-state index in [0.29, 0.717) is 0 Å². The molecular weight excluding hydrogens is 1270 g/mol. The van der Waals surface area contributed by atoms with Gasteiger partial charge in [-0.15, -0.1) is 0 Å². The molecule has 0 heterocycles. The minimum Gasteiger partial charge on any atom is -0.665 e. The van der Waals surface area contributed by atoms with E-state index in [0.717, 1.165) is 101 Å². The summed E-state index contributed by atoms with van der Waals surface area (Å²) in [5.41, 5.74) is 13.4. The van der Waals surface area contributed by atoms with Crippen LogP contribution in [0, 0.1) is 0 Å². The Kier molecular flexibility index (Phi) is 42.4. The molecule has 0 saturated carbocycles. The van der Waals surface area contributed by atoms with Gasteiger partial charge in [0.05, 0.1) is 0 Å². The number of hydrogen-bond donors (Lipinski definition) is 0. The van der Waals surface area contributed by atoms with Gasteiger partial charge in [0.15, 0.2) is 0 Å². The monoisotopic (exact) mass is 1400 g/mol. The molecule has 96 heavy (non-hydrogen) atoms. The molecule has 0 aliphatic carbocycles. The van der Waals surface area contributed by atoms with Gasteiger partial charge in [-0.2, -0.15) is 0 Å². The van der Waals surface area contributed by atoms with Crippen molar-refractivity contribution in [2.24, 2.45) is 0 Å². The summed E-state index contributed by atoms with van der Waals surface area (Å²) in [6.07, 6.45) is 11.1. The molecule has 0 N–H and O–H groups in total. The molecule has 0 saturated heterocycles. The van der Waals surface area contributed by atoms with Crippen LogP contribution in [0.15, 0.2) is 109 Å². The molecule has 0 atom stereocenters. The molecule has 0 fully saturated rings. The van der Waals surface area contributed by atoms with E-state index in [-0.39, 0.29) is 130 Å². The Labute approximate surface area is 646 Å². The summed E-state index contributed by atoms with van der Waals surface area (Å²) in [7, 11) is -7.70. The average molecular weight is 1400 g/mol. The van der Waals surface area contributed by atoms with Gasteiger partial charge in [0.25, 0.3) is 0 Å². The van der Waals surface area contributed by atoms with Gasteiger partial charge >= 0.3 is 75.0 Å². The van der Waals surface area contributed by atoms with Crippen molar-refractivity contribution in [3.63, 3.8) is 0 Å². The van der Waals surface area contributed by atoms with E-state index in [1.165, 1.54) is 51.4 Å². The summed E-state index contributed by atoms with van der Waals surface area (Å²) in [6.45, 7) is 61.5. The van der Waals surface area contributed by atoms with Gasteiger partial charge < -0.3 is 50.7 Å². The van der Waals surface area contributed by atoms with Gasteiger partial charge in [0, 0.05) is 0 Å². The SMILES string of the molecule is CC(C)c1cccc(C(C)C)c1O[Si]([S-])(Oc1c(C(C)C)cccc1C(C)C)Oc1c(C(C)C)cccc1C(C)C.CC(C)c1cccc(C(C)C)c1O[Si]([S-])(Oc1c(C(C)C)cccc1C(C)C)Oc1c(C(C)C)cccc1C(C)C.CCCCCC.CCCCCC.[Na+].[Na+]. The van der Waals surface area contributed by atoms with Crippen LogP contribution in [0.25, 0.3) is 0 Å². The zero-order valence-corrected chi connectivity index (χ0v) is 73.9. The van der Waals surface area contributed by atoms with Gasteiger partial charge in [0.2, 0.25) is 0 Å². The first-order chi connectivity index (χ1) is 44.2. The zero-order valence-electron chi connectivity index (χ0n) is 66.2. The Morgan fingerprint density at radius 1 is 0.219 bits per heavy atom. The van der Waals surface area contributed by atoms with Crippen LogP contribution in [0.4, 0.5) is 0 Å². The third-order valence-corrected chi connectivity index (χ3v) is 21.4. The minimum atomic E-state index is -3.85. The molecule has 6 rings (SSSR count). The standard InChI is InChI=1S/2C36H51O3SSi.2C6H14.2Na/c2*1-22(2)28-16-13-17-29(23(3)4)34(28)37-41(40,38-35-30(24(5)6)18-14-19-31(35)25(7)8)39-36-32(26(9)10)20-15-21-33(36)27(11)12;2*1-3-5-6-4-2;;/h2*13-27H,1-12H3;2*3-6H2,1-2H3;;/q2*-1;;;2*+1. The van der Waals surface area contributed by atoms with E-state index in [2.05, 4.69) is 303 Å². The molecule has 6 nitrogen and oxygen atoms in total. The summed E-state index contributed by atoms with van der Waals surface area (Å²) in [5, 5.41) is 0. The van der Waals surface area contributed by atoms with Crippen LogP contribution >= 0.6 is 0 Å². The summed E-state index contributed by atoms with van der Waals surface area (Å²) in [5.74, 6) is 7.84. The van der Waals surface area contributed by atoms with Crippen LogP contribution in [0.1, 0.15) is 383 Å². The predicted octanol–water partition coefficient (Wildman–Crippen LogP) is 21.1.